The fraction of sp³-hybridized carbons (Fsp3) is 0.385. The number of carbonyl (C=O) groups excluding carboxylic acids is 2. The van der Waals surface area contributed by atoms with E-state index in [9.17, 15) is 9.59 Å². The highest BCUT2D eigenvalue weighted by atomic mass is 79.9. The first kappa shape index (κ1) is 14.4. The number of rotatable bonds is 2. The molecule has 1 atom stereocenters. The standard InChI is InChI=1S/C13H15BrN2O2S/c1-7-3-9(14)4-11(15)13(7)16-6-10(5-12(16)18)19-8(2)17/h3-4,10H,5-6,15H2,1-2H3. The molecule has 0 saturated carbocycles. The average Bonchev–Trinajstić information content (AvgIpc) is 2.57. The lowest BCUT2D eigenvalue weighted by Crippen LogP contribution is -2.26. The zero-order chi connectivity index (χ0) is 14.2. The lowest BCUT2D eigenvalue weighted by Gasteiger charge is -2.21. The van der Waals surface area contributed by atoms with Crippen molar-refractivity contribution in [1.29, 1.82) is 0 Å². The molecule has 1 unspecified atom stereocenters. The van der Waals surface area contributed by atoms with Crippen LogP contribution in [-0.4, -0.2) is 22.8 Å². The van der Waals surface area contributed by atoms with E-state index in [-0.39, 0.29) is 16.3 Å². The second-order valence-corrected chi connectivity index (χ2v) is 6.99. The Balaban J connectivity index is 2.28. The average molecular weight is 343 g/mol. The van der Waals surface area contributed by atoms with E-state index < -0.39 is 0 Å². The Labute approximate surface area is 124 Å². The first-order valence-corrected chi connectivity index (χ1v) is 7.59. The highest BCUT2D eigenvalue weighted by Gasteiger charge is 2.33. The van der Waals surface area contributed by atoms with Crippen LogP contribution in [0.15, 0.2) is 16.6 Å². The van der Waals surface area contributed by atoms with Gasteiger partial charge >= 0.3 is 0 Å². The first-order chi connectivity index (χ1) is 8.88. The topological polar surface area (TPSA) is 63.4 Å². The second kappa shape index (κ2) is 5.54. The third kappa shape index (κ3) is 3.12. The summed E-state index contributed by atoms with van der Waals surface area (Å²) in [5.41, 5.74) is 8.31. The molecule has 2 N–H and O–H groups in total. The fourth-order valence-corrected chi connectivity index (χ4v) is 3.84. The molecular formula is C13H15BrN2O2S. The summed E-state index contributed by atoms with van der Waals surface area (Å²) in [6.07, 6.45) is 0.388. The van der Waals surface area contributed by atoms with E-state index in [0.717, 1.165) is 15.7 Å². The number of anilines is 2. The van der Waals surface area contributed by atoms with E-state index in [1.54, 1.807) is 11.0 Å². The summed E-state index contributed by atoms with van der Waals surface area (Å²) < 4.78 is 0.896. The van der Waals surface area contributed by atoms with Crippen molar-refractivity contribution in [2.24, 2.45) is 0 Å². The molecule has 0 aliphatic carbocycles. The zero-order valence-corrected chi connectivity index (χ0v) is 13.2. The Morgan fingerprint density at radius 3 is 2.79 bits per heavy atom. The molecule has 1 aromatic rings. The van der Waals surface area contributed by atoms with Gasteiger partial charge in [-0.2, -0.15) is 0 Å². The highest BCUT2D eigenvalue weighted by Crippen LogP contribution is 2.36. The van der Waals surface area contributed by atoms with Crippen LogP contribution in [0.25, 0.3) is 0 Å². The number of hydrogen-bond donors (Lipinski definition) is 1. The maximum atomic E-state index is 12.1. The van der Waals surface area contributed by atoms with Gasteiger partial charge in [-0.1, -0.05) is 27.7 Å². The summed E-state index contributed by atoms with van der Waals surface area (Å²) >= 11 is 4.61. The molecule has 102 valence electrons. The van der Waals surface area contributed by atoms with Gasteiger partial charge in [-0.3, -0.25) is 9.59 Å². The fourth-order valence-electron chi connectivity index (χ4n) is 2.33. The van der Waals surface area contributed by atoms with Gasteiger partial charge in [0.1, 0.15) is 0 Å². The van der Waals surface area contributed by atoms with Crippen LogP contribution in [0.1, 0.15) is 18.9 Å². The quantitative estimate of drug-likeness (QED) is 0.839. The number of halogens is 1. The van der Waals surface area contributed by atoms with Gasteiger partial charge in [0.2, 0.25) is 5.91 Å². The number of nitrogens with two attached hydrogens (primary N) is 1. The van der Waals surface area contributed by atoms with Gasteiger partial charge in [-0.15, -0.1) is 0 Å². The number of benzene rings is 1. The lowest BCUT2D eigenvalue weighted by molar-refractivity contribution is -0.117. The molecule has 1 amide bonds. The van der Waals surface area contributed by atoms with Crippen LogP contribution in [0.5, 0.6) is 0 Å². The summed E-state index contributed by atoms with van der Waals surface area (Å²) in [7, 11) is 0. The summed E-state index contributed by atoms with van der Waals surface area (Å²) in [5.74, 6) is 0.0240. The van der Waals surface area contributed by atoms with E-state index in [1.807, 2.05) is 13.0 Å². The number of nitrogens with zero attached hydrogens (tertiary/aromatic N) is 1. The van der Waals surface area contributed by atoms with Gasteiger partial charge in [-0.05, 0) is 24.6 Å². The minimum Gasteiger partial charge on any atom is -0.397 e. The van der Waals surface area contributed by atoms with E-state index in [4.69, 9.17) is 5.73 Å². The van der Waals surface area contributed by atoms with Gasteiger partial charge in [0, 0.05) is 29.6 Å². The molecule has 19 heavy (non-hydrogen) atoms. The predicted octanol–water partition coefficient (Wildman–Crippen LogP) is 2.72. The van der Waals surface area contributed by atoms with Crippen molar-refractivity contribution in [3.05, 3.63) is 22.2 Å². The second-order valence-electron chi connectivity index (χ2n) is 4.60. The highest BCUT2D eigenvalue weighted by molar-refractivity contribution is 9.10. The summed E-state index contributed by atoms with van der Waals surface area (Å²) in [4.78, 5) is 24.9. The molecule has 1 fully saturated rings. The smallest absolute Gasteiger partial charge is 0.228 e. The molecule has 0 bridgehead atoms. The zero-order valence-electron chi connectivity index (χ0n) is 10.8. The summed E-state index contributed by atoms with van der Waals surface area (Å²) in [6, 6.07) is 3.73. The van der Waals surface area contributed by atoms with Crippen LogP contribution in [0.2, 0.25) is 0 Å². The Morgan fingerprint density at radius 2 is 2.21 bits per heavy atom. The number of aryl methyl sites for hydroxylation is 1. The van der Waals surface area contributed by atoms with Gasteiger partial charge in [0.05, 0.1) is 11.4 Å². The number of carbonyl (C=O) groups is 2. The van der Waals surface area contributed by atoms with Crippen LogP contribution in [0.4, 0.5) is 11.4 Å². The van der Waals surface area contributed by atoms with E-state index >= 15 is 0 Å². The molecule has 0 spiro atoms. The van der Waals surface area contributed by atoms with E-state index in [0.29, 0.717) is 18.7 Å². The normalized spacial score (nSPS) is 19.0. The molecule has 1 aliphatic heterocycles. The molecule has 0 radical (unpaired) electrons. The first-order valence-electron chi connectivity index (χ1n) is 5.91. The monoisotopic (exact) mass is 342 g/mol. The summed E-state index contributed by atoms with van der Waals surface area (Å²) in [5, 5.41) is 0.0626. The van der Waals surface area contributed by atoms with Crippen LogP contribution in [0.3, 0.4) is 0 Å². The molecular weight excluding hydrogens is 328 g/mol. The molecule has 0 aromatic heterocycles. The van der Waals surface area contributed by atoms with E-state index in [1.165, 1.54) is 18.7 Å². The Kier molecular flexibility index (Phi) is 4.20. The van der Waals surface area contributed by atoms with Crippen molar-refractivity contribution in [2.75, 3.05) is 17.2 Å². The van der Waals surface area contributed by atoms with Crippen LogP contribution in [-0.2, 0) is 9.59 Å². The third-order valence-corrected chi connectivity index (χ3v) is 4.43. The molecule has 4 nitrogen and oxygen atoms in total. The number of amides is 1. The molecule has 6 heteroatoms. The lowest BCUT2D eigenvalue weighted by atomic mass is 10.1. The molecule has 1 aromatic carbocycles. The minimum absolute atomic E-state index is 0.0208. The Bertz CT molecular complexity index is 524. The largest absolute Gasteiger partial charge is 0.397 e. The maximum absolute atomic E-state index is 12.1. The number of thioether (sulfide) groups is 1. The van der Waals surface area contributed by atoms with Crippen LogP contribution >= 0.6 is 27.7 Å². The van der Waals surface area contributed by atoms with Gasteiger partial charge in [0.25, 0.3) is 0 Å². The number of nitrogen functional groups attached to an aromatic ring is 1. The van der Waals surface area contributed by atoms with Crippen LogP contribution in [0, 0.1) is 6.92 Å². The van der Waals surface area contributed by atoms with Gasteiger partial charge < -0.3 is 10.6 Å². The molecule has 1 saturated heterocycles. The maximum Gasteiger partial charge on any atom is 0.228 e. The summed E-state index contributed by atoms with van der Waals surface area (Å²) in [6.45, 7) is 3.99. The van der Waals surface area contributed by atoms with Gasteiger partial charge in [0.15, 0.2) is 5.12 Å². The Morgan fingerprint density at radius 1 is 1.53 bits per heavy atom. The van der Waals surface area contributed by atoms with Crippen molar-refractivity contribution >= 4 is 50.1 Å². The molecule has 2 rings (SSSR count). The predicted molar refractivity (Wildman–Crippen MR) is 82.3 cm³/mol. The van der Waals surface area contributed by atoms with Crippen LogP contribution < -0.4 is 10.6 Å². The Hall–Kier alpha value is -1.01. The van der Waals surface area contributed by atoms with Gasteiger partial charge in [-0.25, -0.2) is 0 Å². The third-order valence-electron chi connectivity index (χ3n) is 2.99. The SMILES string of the molecule is CC(=O)SC1CC(=O)N(c2c(C)cc(Br)cc2N)C1. The molecule has 1 aliphatic rings. The minimum atomic E-state index is 0.0208. The van der Waals surface area contributed by atoms with Crippen molar-refractivity contribution < 1.29 is 9.59 Å². The van der Waals surface area contributed by atoms with Crippen molar-refractivity contribution in [2.45, 2.75) is 25.5 Å². The van der Waals surface area contributed by atoms with Crippen molar-refractivity contribution in [3.63, 3.8) is 0 Å². The van der Waals surface area contributed by atoms with E-state index in [2.05, 4.69) is 15.9 Å². The van der Waals surface area contributed by atoms with Crippen molar-refractivity contribution in [3.8, 4) is 0 Å². The van der Waals surface area contributed by atoms with Crippen molar-refractivity contribution in [1.82, 2.24) is 0 Å². The number of hydrogen-bond acceptors (Lipinski definition) is 4. The molecule has 1 heterocycles.